The summed E-state index contributed by atoms with van der Waals surface area (Å²) in [6.45, 7) is 2.64. The standard InChI is InChI=1S/C13H20N2O2/c1-2-6-17-13(3-1)15-10-12(9-14-15)11-4-7-16-8-5-11/h9-11,13H,1-8H2. The summed E-state index contributed by atoms with van der Waals surface area (Å²) in [5.41, 5.74) is 1.35. The highest BCUT2D eigenvalue weighted by Crippen LogP contribution is 2.28. The van der Waals surface area contributed by atoms with E-state index in [2.05, 4.69) is 11.3 Å². The lowest BCUT2D eigenvalue weighted by Crippen LogP contribution is -2.18. The number of rotatable bonds is 2. The Labute approximate surface area is 102 Å². The third-order valence-electron chi connectivity index (χ3n) is 3.76. The maximum absolute atomic E-state index is 5.74. The van der Waals surface area contributed by atoms with Crippen LogP contribution in [0, 0.1) is 0 Å². The minimum absolute atomic E-state index is 0.164. The smallest absolute Gasteiger partial charge is 0.150 e. The van der Waals surface area contributed by atoms with Crippen molar-refractivity contribution in [2.75, 3.05) is 19.8 Å². The molecule has 0 bridgehead atoms. The van der Waals surface area contributed by atoms with E-state index in [1.54, 1.807) is 0 Å². The quantitative estimate of drug-likeness (QED) is 0.791. The average Bonchev–Trinajstić information content (AvgIpc) is 2.90. The van der Waals surface area contributed by atoms with E-state index >= 15 is 0 Å². The highest BCUT2D eigenvalue weighted by molar-refractivity contribution is 5.12. The normalized spacial score (nSPS) is 27.2. The van der Waals surface area contributed by atoms with Gasteiger partial charge in [0.25, 0.3) is 0 Å². The van der Waals surface area contributed by atoms with Crippen LogP contribution in [0.4, 0.5) is 0 Å². The van der Waals surface area contributed by atoms with Gasteiger partial charge in [0, 0.05) is 26.0 Å². The lowest BCUT2D eigenvalue weighted by Gasteiger charge is -2.23. The predicted octanol–water partition coefficient (Wildman–Crippen LogP) is 2.48. The molecule has 1 unspecified atom stereocenters. The Morgan fingerprint density at radius 3 is 2.76 bits per heavy atom. The topological polar surface area (TPSA) is 36.3 Å². The molecular weight excluding hydrogens is 216 g/mol. The fourth-order valence-corrected chi connectivity index (χ4v) is 2.68. The van der Waals surface area contributed by atoms with Crippen molar-refractivity contribution in [1.29, 1.82) is 0 Å². The van der Waals surface area contributed by atoms with Gasteiger partial charge in [-0.25, -0.2) is 4.68 Å². The van der Waals surface area contributed by atoms with Gasteiger partial charge in [-0.2, -0.15) is 5.10 Å². The third kappa shape index (κ3) is 2.53. The van der Waals surface area contributed by atoms with Gasteiger partial charge in [-0.1, -0.05) is 0 Å². The Morgan fingerprint density at radius 1 is 1.12 bits per heavy atom. The fourth-order valence-electron chi connectivity index (χ4n) is 2.68. The first-order valence-electron chi connectivity index (χ1n) is 6.67. The predicted molar refractivity (Wildman–Crippen MR) is 63.9 cm³/mol. The molecule has 94 valence electrons. The van der Waals surface area contributed by atoms with E-state index in [9.17, 15) is 0 Å². The van der Waals surface area contributed by atoms with Gasteiger partial charge in [0.15, 0.2) is 0 Å². The third-order valence-corrected chi connectivity index (χ3v) is 3.76. The summed E-state index contributed by atoms with van der Waals surface area (Å²) in [6.07, 6.45) is 10.1. The zero-order valence-electron chi connectivity index (χ0n) is 10.2. The van der Waals surface area contributed by atoms with Crippen LogP contribution in [0.2, 0.25) is 0 Å². The van der Waals surface area contributed by atoms with Crippen molar-refractivity contribution in [3.05, 3.63) is 18.0 Å². The van der Waals surface area contributed by atoms with Gasteiger partial charge in [-0.15, -0.1) is 0 Å². The number of hydrogen-bond acceptors (Lipinski definition) is 3. The van der Waals surface area contributed by atoms with Crippen molar-refractivity contribution in [3.63, 3.8) is 0 Å². The minimum Gasteiger partial charge on any atom is -0.381 e. The molecule has 17 heavy (non-hydrogen) atoms. The molecule has 0 amide bonds. The van der Waals surface area contributed by atoms with Crippen molar-refractivity contribution >= 4 is 0 Å². The highest BCUT2D eigenvalue weighted by Gasteiger charge is 2.20. The molecule has 3 rings (SSSR count). The van der Waals surface area contributed by atoms with Crippen LogP contribution in [0.15, 0.2) is 12.4 Å². The Hall–Kier alpha value is -0.870. The summed E-state index contributed by atoms with van der Waals surface area (Å²) in [5, 5.41) is 4.47. The van der Waals surface area contributed by atoms with Crippen molar-refractivity contribution < 1.29 is 9.47 Å². The maximum atomic E-state index is 5.74. The van der Waals surface area contributed by atoms with Gasteiger partial charge in [0.05, 0.1) is 6.20 Å². The summed E-state index contributed by atoms with van der Waals surface area (Å²) >= 11 is 0. The van der Waals surface area contributed by atoms with Crippen LogP contribution in [0.25, 0.3) is 0 Å². The molecule has 0 aromatic carbocycles. The number of aromatic nitrogens is 2. The number of ether oxygens (including phenoxy) is 2. The molecule has 2 saturated heterocycles. The lowest BCUT2D eigenvalue weighted by atomic mass is 9.94. The lowest BCUT2D eigenvalue weighted by molar-refractivity contribution is -0.0395. The van der Waals surface area contributed by atoms with Crippen molar-refractivity contribution in [3.8, 4) is 0 Å². The molecule has 1 aromatic heterocycles. The van der Waals surface area contributed by atoms with Crippen LogP contribution in [0.5, 0.6) is 0 Å². The van der Waals surface area contributed by atoms with E-state index in [0.717, 1.165) is 39.1 Å². The van der Waals surface area contributed by atoms with Gasteiger partial charge < -0.3 is 9.47 Å². The molecule has 2 aliphatic rings. The Kier molecular flexibility index (Phi) is 3.43. The second kappa shape index (κ2) is 5.19. The SMILES string of the molecule is c1nn(C2CCCCO2)cc1C1CCOCC1. The monoisotopic (exact) mass is 236 g/mol. The highest BCUT2D eigenvalue weighted by atomic mass is 16.5. The first-order chi connectivity index (χ1) is 8.43. The molecule has 0 spiro atoms. The molecule has 0 radical (unpaired) electrons. The molecular formula is C13H20N2O2. The minimum atomic E-state index is 0.164. The summed E-state index contributed by atoms with van der Waals surface area (Å²) in [6, 6.07) is 0. The van der Waals surface area contributed by atoms with E-state index in [1.807, 2.05) is 10.9 Å². The molecule has 3 heterocycles. The average molecular weight is 236 g/mol. The summed E-state index contributed by atoms with van der Waals surface area (Å²) in [4.78, 5) is 0. The second-order valence-corrected chi connectivity index (χ2v) is 4.96. The first kappa shape index (κ1) is 11.2. The molecule has 4 nitrogen and oxygen atoms in total. The summed E-state index contributed by atoms with van der Waals surface area (Å²) < 4.78 is 13.1. The van der Waals surface area contributed by atoms with E-state index in [-0.39, 0.29) is 6.23 Å². The molecule has 0 N–H and O–H groups in total. The van der Waals surface area contributed by atoms with Crippen molar-refractivity contribution in [2.45, 2.75) is 44.2 Å². The second-order valence-electron chi connectivity index (χ2n) is 4.96. The van der Waals surface area contributed by atoms with E-state index in [4.69, 9.17) is 9.47 Å². The Bertz CT molecular complexity index is 320. The molecule has 1 atom stereocenters. The van der Waals surface area contributed by atoms with Gasteiger partial charge in [-0.3, -0.25) is 0 Å². The van der Waals surface area contributed by atoms with E-state index in [1.165, 1.54) is 18.4 Å². The van der Waals surface area contributed by atoms with E-state index < -0.39 is 0 Å². The van der Waals surface area contributed by atoms with Crippen LogP contribution >= 0.6 is 0 Å². The molecule has 1 aromatic rings. The van der Waals surface area contributed by atoms with Crippen LogP contribution in [-0.2, 0) is 9.47 Å². The number of nitrogens with zero attached hydrogens (tertiary/aromatic N) is 2. The van der Waals surface area contributed by atoms with Crippen molar-refractivity contribution in [2.24, 2.45) is 0 Å². The van der Waals surface area contributed by atoms with Gasteiger partial charge in [0.2, 0.25) is 0 Å². The fraction of sp³-hybridized carbons (Fsp3) is 0.769. The summed E-state index contributed by atoms with van der Waals surface area (Å²) in [5.74, 6) is 0.626. The molecule has 2 fully saturated rings. The van der Waals surface area contributed by atoms with Crippen molar-refractivity contribution in [1.82, 2.24) is 9.78 Å². The Morgan fingerprint density at radius 2 is 2.00 bits per heavy atom. The maximum Gasteiger partial charge on any atom is 0.150 e. The zero-order valence-corrected chi connectivity index (χ0v) is 10.2. The zero-order chi connectivity index (χ0) is 11.5. The number of hydrogen-bond donors (Lipinski definition) is 0. The molecule has 4 heteroatoms. The molecule has 2 aliphatic heterocycles. The largest absolute Gasteiger partial charge is 0.381 e. The van der Waals surface area contributed by atoms with Crippen LogP contribution in [0.1, 0.15) is 49.8 Å². The van der Waals surface area contributed by atoms with Crippen LogP contribution < -0.4 is 0 Å². The Balaban J connectivity index is 1.68. The van der Waals surface area contributed by atoms with Gasteiger partial charge in [0.1, 0.15) is 6.23 Å². The first-order valence-corrected chi connectivity index (χ1v) is 6.67. The van der Waals surface area contributed by atoms with Gasteiger partial charge in [-0.05, 0) is 43.6 Å². The van der Waals surface area contributed by atoms with E-state index in [0.29, 0.717) is 5.92 Å². The molecule has 0 saturated carbocycles. The molecule has 0 aliphatic carbocycles. The summed E-state index contributed by atoms with van der Waals surface area (Å²) in [7, 11) is 0. The van der Waals surface area contributed by atoms with Crippen LogP contribution in [0.3, 0.4) is 0 Å². The van der Waals surface area contributed by atoms with Crippen LogP contribution in [-0.4, -0.2) is 29.6 Å². The van der Waals surface area contributed by atoms with Gasteiger partial charge >= 0.3 is 0 Å².